The number of ether oxygens (including phenoxy) is 2. The molecule has 3 rings (SSSR count). The lowest BCUT2D eigenvalue weighted by Crippen LogP contribution is -2.59. The van der Waals surface area contributed by atoms with Crippen molar-refractivity contribution in [2.75, 3.05) is 26.3 Å². The van der Waals surface area contributed by atoms with Crippen LogP contribution in [0.25, 0.3) is 0 Å². The molecule has 0 bridgehead atoms. The third-order valence-electron chi connectivity index (χ3n) is 5.81. The zero-order valence-corrected chi connectivity index (χ0v) is 18.2. The van der Waals surface area contributed by atoms with Gasteiger partial charge in [0.25, 0.3) is 0 Å². The van der Waals surface area contributed by atoms with Gasteiger partial charge in [-0.05, 0) is 64.8 Å². The van der Waals surface area contributed by atoms with Crippen LogP contribution in [-0.4, -0.2) is 65.0 Å². The lowest BCUT2D eigenvalue weighted by Gasteiger charge is -2.47. The highest BCUT2D eigenvalue weighted by atomic mass is 19.1. The van der Waals surface area contributed by atoms with Crippen molar-refractivity contribution in [1.82, 2.24) is 9.80 Å². The van der Waals surface area contributed by atoms with Gasteiger partial charge in [-0.2, -0.15) is 0 Å². The summed E-state index contributed by atoms with van der Waals surface area (Å²) in [5.74, 6) is -0.368. The molecule has 1 aromatic carbocycles. The molecule has 0 spiro atoms. The van der Waals surface area contributed by atoms with Gasteiger partial charge in [0.05, 0.1) is 13.2 Å². The lowest BCUT2D eigenvalue weighted by molar-refractivity contribution is -0.185. The van der Waals surface area contributed by atoms with Crippen LogP contribution in [0.5, 0.6) is 0 Å². The molecule has 2 heterocycles. The lowest BCUT2D eigenvalue weighted by atomic mass is 9.85. The van der Waals surface area contributed by atoms with Gasteiger partial charge in [0.2, 0.25) is 0 Å². The molecule has 1 amide bonds. The van der Waals surface area contributed by atoms with Gasteiger partial charge in [-0.1, -0.05) is 6.07 Å². The summed E-state index contributed by atoms with van der Waals surface area (Å²) in [6.07, 6.45) is -0.299. The van der Waals surface area contributed by atoms with Crippen LogP contribution < -0.4 is 0 Å². The minimum atomic E-state index is -1.14. The van der Waals surface area contributed by atoms with Crippen LogP contribution in [0.1, 0.15) is 58.7 Å². The van der Waals surface area contributed by atoms with Crippen molar-refractivity contribution in [3.05, 3.63) is 35.1 Å². The molecule has 6 nitrogen and oxygen atoms in total. The fourth-order valence-electron chi connectivity index (χ4n) is 4.19. The Kier molecular flexibility index (Phi) is 5.96. The Morgan fingerprint density at radius 3 is 2.48 bits per heavy atom. The van der Waals surface area contributed by atoms with Gasteiger partial charge in [0, 0.05) is 31.2 Å². The molecule has 2 saturated heterocycles. The van der Waals surface area contributed by atoms with Crippen LogP contribution >= 0.6 is 0 Å². The largest absolute Gasteiger partial charge is 0.444 e. The Bertz CT molecular complexity index is 760. The highest BCUT2D eigenvalue weighted by Crippen LogP contribution is 2.38. The third kappa shape index (κ3) is 4.57. The predicted octanol–water partition coefficient (Wildman–Crippen LogP) is 3.43. The molecule has 0 aliphatic carbocycles. The second kappa shape index (κ2) is 7.85. The van der Waals surface area contributed by atoms with Crippen LogP contribution in [0.4, 0.5) is 9.18 Å². The maximum atomic E-state index is 13.9. The number of carbonyl (C=O) groups excluding carboxylic acids is 1. The number of hydrogen-bond donors (Lipinski definition) is 1. The minimum absolute atomic E-state index is 0.0254. The number of benzene rings is 1. The number of aliphatic hydroxyl groups is 1. The highest BCUT2D eigenvalue weighted by molar-refractivity contribution is 5.68. The molecule has 0 saturated carbocycles. The van der Waals surface area contributed by atoms with E-state index in [2.05, 4.69) is 18.7 Å². The van der Waals surface area contributed by atoms with Gasteiger partial charge in [-0.3, -0.25) is 4.90 Å². The number of piperazine rings is 1. The van der Waals surface area contributed by atoms with Crippen LogP contribution in [0.2, 0.25) is 0 Å². The van der Waals surface area contributed by atoms with Gasteiger partial charge in [-0.25, -0.2) is 9.18 Å². The first-order valence-electron chi connectivity index (χ1n) is 10.3. The molecule has 7 heteroatoms. The molecular weight excluding hydrogens is 375 g/mol. The Balaban J connectivity index is 1.80. The van der Waals surface area contributed by atoms with Crippen LogP contribution in [0.3, 0.4) is 0 Å². The van der Waals surface area contributed by atoms with Gasteiger partial charge in [0.15, 0.2) is 0 Å². The van der Waals surface area contributed by atoms with Crippen LogP contribution in [0, 0.1) is 5.82 Å². The van der Waals surface area contributed by atoms with E-state index in [1.54, 1.807) is 11.0 Å². The monoisotopic (exact) mass is 408 g/mol. The van der Waals surface area contributed by atoms with Crippen LogP contribution in [-0.2, 0) is 15.1 Å². The van der Waals surface area contributed by atoms with E-state index >= 15 is 0 Å². The van der Waals surface area contributed by atoms with Crippen molar-refractivity contribution in [1.29, 1.82) is 0 Å². The average Bonchev–Trinajstić information content (AvgIpc) is 2.59. The van der Waals surface area contributed by atoms with Gasteiger partial charge in [-0.15, -0.1) is 0 Å². The molecule has 162 valence electrons. The number of halogens is 1. The SMILES string of the molecule is CC(c1ccc(F)cc1C1(O)COC1)N1C[C@H](C)N(C(=O)OC(C)(C)C)C[C@H]1C. The molecule has 2 fully saturated rings. The minimum Gasteiger partial charge on any atom is -0.444 e. The van der Waals surface area contributed by atoms with E-state index in [9.17, 15) is 14.3 Å². The molecule has 2 aliphatic heterocycles. The van der Waals surface area contributed by atoms with E-state index in [4.69, 9.17) is 9.47 Å². The van der Waals surface area contributed by atoms with Crippen LogP contribution in [0.15, 0.2) is 18.2 Å². The fraction of sp³-hybridized carbons (Fsp3) is 0.682. The summed E-state index contributed by atoms with van der Waals surface area (Å²) in [4.78, 5) is 16.7. The van der Waals surface area contributed by atoms with E-state index in [1.165, 1.54) is 12.1 Å². The van der Waals surface area contributed by atoms with Crippen molar-refractivity contribution < 1.29 is 23.8 Å². The second-order valence-electron chi connectivity index (χ2n) is 9.46. The molecular formula is C22H33FN2O4. The molecule has 1 N–H and O–H groups in total. The molecule has 1 aromatic rings. The van der Waals surface area contributed by atoms with Gasteiger partial charge >= 0.3 is 6.09 Å². The van der Waals surface area contributed by atoms with E-state index in [0.29, 0.717) is 18.7 Å². The summed E-state index contributed by atoms with van der Waals surface area (Å²) in [6.45, 7) is 13.3. The van der Waals surface area contributed by atoms with Crippen molar-refractivity contribution in [2.24, 2.45) is 0 Å². The zero-order chi connectivity index (χ0) is 21.6. The van der Waals surface area contributed by atoms with E-state index in [1.807, 2.05) is 27.7 Å². The highest BCUT2D eigenvalue weighted by Gasteiger charge is 2.42. The molecule has 2 aliphatic rings. The van der Waals surface area contributed by atoms with E-state index < -0.39 is 11.2 Å². The summed E-state index contributed by atoms with van der Waals surface area (Å²) in [5, 5.41) is 10.8. The standard InChI is InChI=1S/C22H33FN2O4/c1-14-11-25(20(26)29-21(4,5)6)15(2)10-24(14)16(3)18-8-7-17(23)9-19(18)22(27)12-28-13-22/h7-9,14-16,27H,10-13H2,1-6H3/t14-,15+,16?/m1/s1. The molecule has 3 atom stereocenters. The number of hydrogen-bond acceptors (Lipinski definition) is 5. The molecule has 0 radical (unpaired) electrons. The van der Waals surface area contributed by atoms with E-state index in [0.717, 1.165) is 5.56 Å². The second-order valence-corrected chi connectivity index (χ2v) is 9.46. The van der Waals surface area contributed by atoms with Crippen molar-refractivity contribution in [2.45, 2.75) is 70.9 Å². The molecule has 1 unspecified atom stereocenters. The third-order valence-corrected chi connectivity index (χ3v) is 5.81. The first-order chi connectivity index (χ1) is 13.4. The summed E-state index contributed by atoms with van der Waals surface area (Å²) >= 11 is 0. The first kappa shape index (κ1) is 22.0. The number of amides is 1. The summed E-state index contributed by atoms with van der Waals surface area (Å²) < 4.78 is 24.7. The Labute approximate surface area is 172 Å². The number of nitrogens with zero attached hydrogens (tertiary/aromatic N) is 2. The van der Waals surface area contributed by atoms with Gasteiger partial charge < -0.3 is 19.5 Å². The molecule has 29 heavy (non-hydrogen) atoms. The van der Waals surface area contributed by atoms with Crippen molar-refractivity contribution in [3.63, 3.8) is 0 Å². The Hall–Kier alpha value is -1.70. The topological polar surface area (TPSA) is 62.2 Å². The Morgan fingerprint density at radius 2 is 1.93 bits per heavy atom. The maximum absolute atomic E-state index is 13.9. The van der Waals surface area contributed by atoms with Gasteiger partial charge in [0.1, 0.15) is 17.0 Å². The number of rotatable bonds is 3. The maximum Gasteiger partial charge on any atom is 0.410 e. The summed E-state index contributed by atoms with van der Waals surface area (Å²) in [7, 11) is 0. The molecule has 0 aromatic heterocycles. The van der Waals surface area contributed by atoms with Crippen molar-refractivity contribution >= 4 is 6.09 Å². The first-order valence-corrected chi connectivity index (χ1v) is 10.3. The smallest absolute Gasteiger partial charge is 0.410 e. The quantitative estimate of drug-likeness (QED) is 0.830. The Morgan fingerprint density at radius 1 is 1.28 bits per heavy atom. The zero-order valence-electron chi connectivity index (χ0n) is 18.2. The summed E-state index contributed by atoms with van der Waals surface area (Å²) in [6, 6.07) is 4.61. The van der Waals surface area contributed by atoms with Crippen molar-refractivity contribution in [3.8, 4) is 0 Å². The normalized spacial score (nSPS) is 26.0. The summed E-state index contributed by atoms with van der Waals surface area (Å²) in [5.41, 5.74) is -0.195. The fourth-order valence-corrected chi connectivity index (χ4v) is 4.19. The number of carbonyl (C=O) groups is 1. The van der Waals surface area contributed by atoms with E-state index in [-0.39, 0.29) is 43.2 Å². The average molecular weight is 409 g/mol. The predicted molar refractivity (Wildman–Crippen MR) is 108 cm³/mol.